The minimum atomic E-state index is -3.44. The Hall–Kier alpha value is -2.96. The van der Waals surface area contributed by atoms with Gasteiger partial charge in [0.15, 0.2) is 9.84 Å². The fraction of sp³-hybridized carbons (Fsp3) is 0.0455. The fourth-order valence-electron chi connectivity index (χ4n) is 2.90. The van der Waals surface area contributed by atoms with Crippen molar-refractivity contribution in [2.45, 2.75) is 10.6 Å². The minimum absolute atomic E-state index is 0.0664. The van der Waals surface area contributed by atoms with Crippen LogP contribution in [0.2, 0.25) is 0 Å². The van der Waals surface area contributed by atoms with E-state index in [1.807, 2.05) is 60.0 Å². The molecule has 3 aromatic carbocycles. The van der Waals surface area contributed by atoms with Gasteiger partial charge in [-0.05, 0) is 23.8 Å². The van der Waals surface area contributed by atoms with Gasteiger partial charge in [-0.2, -0.15) is 0 Å². The van der Waals surface area contributed by atoms with Gasteiger partial charge < -0.3 is 5.73 Å². The molecule has 0 saturated heterocycles. The number of hydrogen-bond acceptors (Lipinski definition) is 5. The summed E-state index contributed by atoms with van der Waals surface area (Å²) < 4.78 is 25.2. The van der Waals surface area contributed by atoms with E-state index in [1.54, 1.807) is 29.5 Å². The van der Waals surface area contributed by atoms with Crippen LogP contribution in [0.3, 0.4) is 0 Å². The van der Waals surface area contributed by atoms with Crippen molar-refractivity contribution in [1.29, 1.82) is 0 Å². The zero-order valence-corrected chi connectivity index (χ0v) is 16.6. The zero-order chi connectivity index (χ0) is 19.6. The van der Waals surface area contributed by atoms with Gasteiger partial charge >= 0.3 is 0 Å². The molecular formula is C22H18N2O2S2. The predicted molar refractivity (Wildman–Crippen MR) is 115 cm³/mol. The van der Waals surface area contributed by atoms with Crippen molar-refractivity contribution in [2.24, 2.45) is 0 Å². The van der Waals surface area contributed by atoms with Gasteiger partial charge in [-0.1, -0.05) is 60.7 Å². The first-order valence-corrected chi connectivity index (χ1v) is 11.2. The summed E-state index contributed by atoms with van der Waals surface area (Å²) in [4.78, 5) is 4.94. The number of thiazole rings is 1. The third-order valence-corrected chi connectivity index (χ3v) is 6.93. The molecule has 1 heterocycles. The van der Waals surface area contributed by atoms with E-state index in [-0.39, 0.29) is 10.6 Å². The first-order chi connectivity index (χ1) is 13.5. The molecule has 0 aliphatic carbocycles. The Balaban J connectivity index is 1.54. The van der Waals surface area contributed by atoms with Gasteiger partial charge in [0, 0.05) is 22.2 Å². The lowest BCUT2D eigenvalue weighted by molar-refractivity contribution is 0.595. The second-order valence-electron chi connectivity index (χ2n) is 6.43. The topological polar surface area (TPSA) is 73.1 Å². The van der Waals surface area contributed by atoms with Crippen molar-refractivity contribution in [3.63, 3.8) is 0 Å². The standard InChI is InChI=1S/C22H18N2O2S2/c23-19-7-4-8-20(13-19)28(25,26)15-16-9-11-17(12-10-16)21-14-27-22(24-21)18-5-2-1-3-6-18/h1-14H,15,23H2. The van der Waals surface area contributed by atoms with Crippen molar-refractivity contribution < 1.29 is 8.42 Å². The first kappa shape index (κ1) is 18.4. The molecule has 0 spiro atoms. The van der Waals surface area contributed by atoms with E-state index in [0.29, 0.717) is 5.69 Å². The maximum atomic E-state index is 12.6. The molecule has 4 aromatic rings. The summed E-state index contributed by atoms with van der Waals surface area (Å²) in [5.41, 5.74) is 9.80. The molecular weight excluding hydrogens is 388 g/mol. The van der Waals surface area contributed by atoms with Crippen LogP contribution in [0, 0.1) is 0 Å². The normalized spacial score (nSPS) is 11.4. The molecule has 4 nitrogen and oxygen atoms in total. The highest BCUT2D eigenvalue weighted by Crippen LogP contribution is 2.29. The molecule has 6 heteroatoms. The first-order valence-electron chi connectivity index (χ1n) is 8.70. The summed E-state index contributed by atoms with van der Waals surface area (Å²) in [5.74, 6) is -0.0664. The minimum Gasteiger partial charge on any atom is -0.399 e. The Kier molecular flexibility index (Phi) is 4.98. The quantitative estimate of drug-likeness (QED) is 0.472. The predicted octanol–water partition coefficient (Wildman–Crippen LogP) is 5.03. The molecule has 0 unspecified atom stereocenters. The number of nitrogens with zero attached hydrogens (tertiary/aromatic N) is 1. The van der Waals surface area contributed by atoms with E-state index in [4.69, 9.17) is 10.7 Å². The van der Waals surface area contributed by atoms with Crippen molar-refractivity contribution in [2.75, 3.05) is 5.73 Å². The maximum absolute atomic E-state index is 12.6. The van der Waals surface area contributed by atoms with Gasteiger partial charge in [0.05, 0.1) is 16.3 Å². The van der Waals surface area contributed by atoms with Crippen molar-refractivity contribution in [3.05, 3.63) is 89.8 Å². The summed E-state index contributed by atoms with van der Waals surface area (Å²) in [6, 6.07) is 23.9. The highest BCUT2D eigenvalue weighted by molar-refractivity contribution is 7.90. The molecule has 0 fully saturated rings. The molecule has 0 bridgehead atoms. The van der Waals surface area contributed by atoms with Crippen LogP contribution in [0.5, 0.6) is 0 Å². The van der Waals surface area contributed by atoms with Crippen LogP contribution in [0.15, 0.2) is 89.1 Å². The lowest BCUT2D eigenvalue weighted by Crippen LogP contribution is -2.05. The van der Waals surface area contributed by atoms with E-state index in [1.165, 1.54) is 6.07 Å². The monoisotopic (exact) mass is 406 g/mol. The highest BCUT2D eigenvalue weighted by atomic mass is 32.2. The summed E-state index contributed by atoms with van der Waals surface area (Å²) in [6.07, 6.45) is 0. The lowest BCUT2D eigenvalue weighted by Gasteiger charge is -2.06. The molecule has 140 valence electrons. The molecule has 2 N–H and O–H groups in total. The zero-order valence-electron chi connectivity index (χ0n) is 14.9. The van der Waals surface area contributed by atoms with Gasteiger partial charge in [0.25, 0.3) is 0 Å². The van der Waals surface area contributed by atoms with Gasteiger partial charge in [0.1, 0.15) is 5.01 Å². The smallest absolute Gasteiger partial charge is 0.182 e. The molecule has 0 radical (unpaired) electrons. The molecule has 4 rings (SSSR count). The van der Waals surface area contributed by atoms with Crippen LogP contribution in [-0.2, 0) is 15.6 Å². The van der Waals surface area contributed by atoms with Gasteiger partial charge in [-0.15, -0.1) is 11.3 Å². The molecule has 0 aliphatic heterocycles. The number of benzene rings is 3. The maximum Gasteiger partial charge on any atom is 0.182 e. The Morgan fingerprint density at radius 1 is 0.857 bits per heavy atom. The van der Waals surface area contributed by atoms with Gasteiger partial charge in [0.2, 0.25) is 0 Å². The van der Waals surface area contributed by atoms with Gasteiger partial charge in [-0.25, -0.2) is 13.4 Å². The van der Waals surface area contributed by atoms with E-state index >= 15 is 0 Å². The second kappa shape index (κ2) is 7.58. The van der Waals surface area contributed by atoms with Crippen molar-refractivity contribution in [1.82, 2.24) is 4.98 Å². The number of anilines is 1. The fourth-order valence-corrected chi connectivity index (χ4v) is 5.14. The largest absolute Gasteiger partial charge is 0.399 e. The molecule has 0 aliphatic rings. The Labute approximate surface area is 168 Å². The number of rotatable bonds is 5. The molecule has 0 saturated carbocycles. The van der Waals surface area contributed by atoms with Gasteiger partial charge in [-0.3, -0.25) is 0 Å². The van der Waals surface area contributed by atoms with Crippen molar-refractivity contribution in [3.8, 4) is 21.8 Å². The number of nitrogens with two attached hydrogens (primary N) is 1. The average molecular weight is 407 g/mol. The molecule has 1 aromatic heterocycles. The van der Waals surface area contributed by atoms with Crippen LogP contribution in [0.1, 0.15) is 5.56 Å². The summed E-state index contributed by atoms with van der Waals surface area (Å²) in [7, 11) is -3.44. The van der Waals surface area contributed by atoms with Crippen molar-refractivity contribution >= 4 is 26.9 Å². The third kappa shape index (κ3) is 3.98. The Morgan fingerprint density at radius 2 is 1.61 bits per heavy atom. The van der Waals surface area contributed by atoms with E-state index in [0.717, 1.165) is 27.4 Å². The highest BCUT2D eigenvalue weighted by Gasteiger charge is 2.16. The van der Waals surface area contributed by atoms with Crippen LogP contribution in [0.25, 0.3) is 21.8 Å². The summed E-state index contributed by atoms with van der Waals surface area (Å²) in [5, 5.41) is 2.98. The second-order valence-corrected chi connectivity index (χ2v) is 9.28. The van der Waals surface area contributed by atoms with E-state index < -0.39 is 9.84 Å². The average Bonchev–Trinajstić information content (AvgIpc) is 3.19. The number of sulfone groups is 1. The van der Waals surface area contributed by atoms with Crippen LogP contribution >= 0.6 is 11.3 Å². The number of nitrogen functional groups attached to an aromatic ring is 1. The summed E-state index contributed by atoms with van der Waals surface area (Å²) in [6.45, 7) is 0. The van der Waals surface area contributed by atoms with E-state index in [2.05, 4.69) is 0 Å². The molecule has 0 atom stereocenters. The SMILES string of the molecule is Nc1cccc(S(=O)(=O)Cc2ccc(-c3csc(-c4ccccc4)n3)cc2)c1. The molecule has 28 heavy (non-hydrogen) atoms. The Bertz CT molecular complexity index is 1200. The van der Waals surface area contributed by atoms with Crippen LogP contribution < -0.4 is 5.73 Å². The lowest BCUT2D eigenvalue weighted by atomic mass is 10.1. The molecule has 0 amide bonds. The third-order valence-electron chi connectivity index (χ3n) is 4.35. The summed E-state index contributed by atoms with van der Waals surface area (Å²) >= 11 is 1.59. The Morgan fingerprint density at radius 3 is 2.32 bits per heavy atom. The number of aromatic nitrogens is 1. The number of hydrogen-bond donors (Lipinski definition) is 1. The van der Waals surface area contributed by atoms with Crippen LogP contribution in [0.4, 0.5) is 5.69 Å². The van der Waals surface area contributed by atoms with E-state index in [9.17, 15) is 8.42 Å². The van der Waals surface area contributed by atoms with Crippen LogP contribution in [-0.4, -0.2) is 13.4 Å².